The van der Waals surface area contributed by atoms with Crippen molar-refractivity contribution < 1.29 is 9.47 Å². The molecule has 0 radical (unpaired) electrons. The van der Waals surface area contributed by atoms with Crippen LogP contribution in [-0.2, 0) is 0 Å². The lowest BCUT2D eigenvalue weighted by molar-refractivity contribution is 0.292. The summed E-state index contributed by atoms with van der Waals surface area (Å²) in [6.07, 6.45) is 4.92. The van der Waals surface area contributed by atoms with Crippen LogP contribution in [0.3, 0.4) is 0 Å². The molecule has 5 heteroatoms. The highest BCUT2D eigenvalue weighted by molar-refractivity contribution is 7.71. The maximum Gasteiger partial charge on any atom is 0.178 e. The number of aromatic amines is 1. The predicted molar refractivity (Wildman–Crippen MR) is 86.9 cm³/mol. The molecule has 3 rings (SSSR count). The number of imidazole rings is 1. The third-order valence-electron chi connectivity index (χ3n) is 4.57. The highest BCUT2D eigenvalue weighted by Gasteiger charge is 2.22. The molecule has 1 heterocycles. The zero-order valence-corrected chi connectivity index (χ0v) is 13.6. The number of rotatable bonds is 3. The molecule has 1 aromatic heterocycles. The molecular weight excluding hydrogens is 284 g/mol. The van der Waals surface area contributed by atoms with Crippen molar-refractivity contribution in [3.63, 3.8) is 0 Å². The van der Waals surface area contributed by atoms with Crippen LogP contribution in [0.5, 0.6) is 11.5 Å². The number of fused-ring (bicyclic) bond motifs is 1. The number of nitrogens with zero attached hydrogens (tertiary/aromatic N) is 1. The van der Waals surface area contributed by atoms with E-state index in [-0.39, 0.29) is 0 Å². The lowest BCUT2D eigenvalue weighted by Crippen LogP contribution is -2.16. The summed E-state index contributed by atoms with van der Waals surface area (Å²) in [5.74, 6) is 2.30. The molecule has 1 aliphatic carbocycles. The van der Waals surface area contributed by atoms with E-state index in [1.165, 1.54) is 25.7 Å². The Balaban J connectivity index is 2.10. The Bertz CT molecular complexity index is 696. The SMILES string of the molecule is COc1cc2[nH]c(=S)n(C3CCC(C)CC3)c2cc1OC. The largest absolute Gasteiger partial charge is 0.493 e. The van der Waals surface area contributed by atoms with Crippen molar-refractivity contribution in [1.82, 2.24) is 9.55 Å². The van der Waals surface area contributed by atoms with Gasteiger partial charge in [-0.25, -0.2) is 0 Å². The van der Waals surface area contributed by atoms with Crippen molar-refractivity contribution in [2.24, 2.45) is 5.92 Å². The summed E-state index contributed by atoms with van der Waals surface area (Å²) < 4.78 is 13.8. The first-order valence-corrected chi connectivity index (χ1v) is 7.91. The highest BCUT2D eigenvalue weighted by atomic mass is 32.1. The first-order valence-electron chi connectivity index (χ1n) is 7.50. The Morgan fingerprint density at radius 1 is 1.10 bits per heavy atom. The minimum atomic E-state index is 0.487. The lowest BCUT2D eigenvalue weighted by atomic mass is 9.87. The van der Waals surface area contributed by atoms with Gasteiger partial charge in [0.2, 0.25) is 0 Å². The summed E-state index contributed by atoms with van der Waals surface area (Å²) in [5.41, 5.74) is 2.12. The third-order valence-corrected chi connectivity index (χ3v) is 4.87. The molecular formula is C16H22N2O2S. The monoisotopic (exact) mass is 306 g/mol. The Morgan fingerprint density at radius 3 is 2.33 bits per heavy atom. The number of methoxy groups -OCH3 is 2. The van der Waals surface area contributed by atoms with Gasteiger partial charge in [0.05, 0.1) is 25.3 Å². The minimum Gasteiger partial charge on any atom is -0.493 e. The molecule has 1 saturated carbocycles. The molecule has 0 atom stereocenters. The Hall–Kier alpha value is -1.49. The minimum absolute atomic E-state index is 0.487. The Morgan fingerprint density at radius 2 is 1.71 bits per heavy atom. The molecule has 0 aliphatic heterocycles. The number of ether oxygens (including phenoxy) is 2. The van der Waals surface area contributed by atoms with Crippen LogP contribution in [-0.4, -0.2) is 23.8 Å². The van der Waals surface area contributed by atoms with E-state index in [1.807, 2.05) is 12.1 Å². The average Bonchev–Trinajstić information content (AvgIpc) is 2.81. The van der Waals surface area contributed by atoms with E-state index < -0.39 is 0 Å². The van der Waals surface area contributed by atoms with Crippen LogP contribution in [0.15, 0.2) is 12.1 Å². The molecule has 1 N–H and O–H groups in total. The van der Waals surface area contributed by atoms with Gasteiger partial charge in [0.1, 0.15) is 0 Å². The number of nitrogens with one attached hydrogen (secondary N) is 1. The first kappa shape index (κ1) is 14.4. The number of hydrogen-bond acceptors (Lipinski definition) is 3. The Labute approximate surface area is 130 Å². The molecule has 1 fully saturated rings. The summed E-state index contributed by atoms with van der Waals surface area (Å²) in [7, 11) is 3.31. The molecule has 1 aliphatic rings. The standard InChI is InChI=1S/C16H22N2O2S/c1-10-4-6-11(7-5-10)18-13-9-15(20-3)14(19-2)8-12(13)17-16(18)21/h8-11H,4-7H2,1-3H3,(H,17,21). The number of H-pyrrole nitrogens is 1. The average molecular weight is 306 g/mol. The maximum atomic E-state index is 5.55. The summed E-state index contributed by atoms with van der Waals surface area (Å²) in [4.78, 5) is 3.30. The van der Waals surface area contributed by atoms with Gasteiger partial charge < -0.3 is 19.0 Å². The van der Waals surface area contributed by atoms with Crippen LogP contribution >= 0.6 is 12.2 Å². The smallest absolute Gasteiger partial charge is 0.178 e. The second-order valence-electron chi connectivity index (χ2n) is 5.94. The van der Waals surface area contributed by atoms with E-state index in [4.69, 9.17) is 21.7 Å². The molecule has 4 nitrogen and oxygen atoms in total. The molecule has 0 saturated heterocycles. The van der Waals surface area contributed by atoms with E-state index in [1.54, 1.807) is 14.2 Å². The topological polar surface area (TPSA) is 39.2 Å². The van der Waals surface area contributed by atoms with Crippen LogP contribution in [0.25, 0.3) is 11.0 Å². The van der Waals surface area contributed by atoms with Crippen molar-refractivity contribution >= 4 is 23.3 Å². The summed E-state index contributed by atoms with van der Waals surface area (Å²) in [5, 5.41) is 0. The Kier molecular flexibility index (Phi) is 3.93. The second kappa shape index (κ2) is 5.72. The van der Waals surface area contributed by atoms with Crippen molar-refractivity contribution in [2.45, 2.75) is 38.6 Å². The maximum absolute atomic E-state index is 5.55. The van der Waals surface area contributed by atoms with Crippen LogP contribution in [0.2, 0.25) is 0 Å². The van der Waals surface area contributed by atoms with Crippen LogP contribution in [0, 0.1) is 10.7 Å². The fourth-order valence-corrected chi connectivity index (χ4v) is 3.67. The zero-order chi connectivity index (χ0) is 15.0. The molecule has 114 valence electrons. The van der Waals surface area contributed by atoms with Crippen molar-refractivity contribution in [3.05, 3.63) is 16.9 Å². The van der Waals surface area contributed by atoms with Gasteiger partial charge >= 0.3 is 0 Å². The van der Waals surface area contributed by atoms with E-state index in [2.05, 4.69) is 16.5 Å². The summed E-state index contributed by atoms with van der Waals surface area (Å²) in [6, 6.07) is 4.48. The van der Waals surface area contributed by atoms with E-state index in [9.17, 15) is 0 Å². The fraction of sp³-hybridized carbons (Fsp3) is 0.562. The van der Waals surface area contributed by atoms with E-state index in [0.717, 1.165) is 33.2 Å². The molecule has 0 unspecified atom stereocenters. The molecule has 1 aromatic carbocycles. The van der Waals surface area contributed by atoms with Crippen LogP contribution in [0.1, 0.15) is 38.6 Å². The number of benzene rings is 1. The van der Waals surface area contributed by atoms with Gasteiger partial charge in [0, 0.05) is 18.2 Å². The third kappa shape index (κ3) is 2.55. The molecule has 21 heavy (non-hydrogen) atoms. The molecule has 0 amide bonds. The van der Waals surface area contributed by atoms with Crippen LogP contribution in [0.4, 0.5) is 0 Å². The van der Waals surface area contributed by atoms with Crippen molar-refractivity contribution in [1.29, 1.82) is 0 Å². The van der Waals surface area contributed by atoms with E-state index >= 15 is 0 Å². The van der Waals surface area contributed by atoms with Gasteiger partial charge in [0.25, 0.3) is 0 Å². The van der Waals surface area contributed by atoms with Gasteiger partial charge in [-0.05, 0) is 43.8 Å². The summed E-state index contributed by atoms with van der Waals surface area (Å²) >= 11 is 5.55. The van der Waals surface area contributed by atoms with Crippen molar-refractivity contribution in [2.75, 3.05) is 14.2 Å². The highest BCUT2D eigenvalue weighted by Crippen LogP contribution is 2.37. The van der Waals surface area contributed by atoms with Gasteiger partial charge in [-0.1, -0.05) is 6.92 Å². The molecule has 0 bridgehead atoms. The molecule has 0 spiro atoms. The predicted octanol–water partition coefficient (Wildman–Crippen LogP) is 4.47. The van der Waals surface area contributed by atoms with Crippen molar-refractivity contribution in [3.8, 4) is 11.5 Å². The van der Waals surface area contributed by atoms with Crippen LogP contribution < -0.4 is 9.47 Å². The first-order chi connectivity index (χ1) is 10.1. The zero-order valence-electron chi connectivity index (χ0n) is 12.8. The number of hydrogen-bond donors (Lipinski definition) is 1. The summed E-state index contributed by atoms with van der Waals surface area (Å²) in [6.45, 7) is 2.33. The van der Waals surface area contributed by atoms with E-state index in [0.29, 0.717) is 6.04 Å². The quantitative estimate of drug-likeness (QED) is 0.851. The lowest BCUT2D eigenvalue weighted by Gasteiger charge is -2.27. The van der Waals surface area contributed by atoms with Gasteiger partial charge in [-0.2, -0.15) is 0 Å². The van der Waals surface area contributed by atoms with Gasteiger partial charge in [-0.3, -0.25) is 0 Å². The molecule has 2 aromatic rings. The van der Waals surface area contributed by atoms with Gasteiger partial charge in [-0.15, -0.1) is 0 Å². The van der Waals surface area contributed by atoms with Gasteiger partial charge in [0.15, 0.2) is 16.3 Å². The normalized spacial score (nSPS) is 22.4. The fourth-order valence-electron chi connectivity index (χ4n) is 3.32. The second-order valence-corrected chi connectivity index (χ2v) is 6.32. The number of aromatic nitrogens is 2.